The zero-order chi connectivity index (χ0) is 16.6. The minimum atomic E-state index is -0.952. The molecule has 0 atom stereocenters. The number of carbonyl (C=O) groups is 3. The normalized spacial score (nSPS) is 16.4. The standard InChI is InChI=1S/C16H15N3O4/c1-2-19-15(22)12(17-16(19)23)7-10-8-18(9-14(20)21)13-6-4-3-5-11(10)13/h3-8H,2,9H2,1H3,(H,17,23)(H,20,21). The summed E-state index contributed by atoms with van der Waals surface area (Å²) < 4.78 is 1.60. The first-order valence-electron chi connectivity index (χ1n) is 7.15. The summed E-state index contributed by atoms with van der Waals surface area (Å²) in [7, 11) is 0. The maximum atomic E-state index is 12.1. The summed E-state index contributed by atoms with van der Waals surface area (Å²) in [5, 5.41) is 12.4. The summed E-state index contributed by atoms with van der Waals surface area (Å²) in [6, 6.07) is 6.87. The van der Waals surface area contributed by atoms with E-state index in [2.05, 4.69) is 5.32 Å². The summed E-state index contributed by atoms with van der Waals surface area (Å²) in [5.41, 5.74) is 1.63. The minimum Gasteiger partial charge on any atom is -0.480 e. The molecule has 1 aromatic heterocycles. The number of carbonyl (C=O) groups excluding carboxylic acids is 2. The summed E-state index contributed by atoms with van der Waals surface area (Å²) in [6.45, 7) is 1.84. The van der Waals surface area contributed by atoms with E-state index in [0.717, 1.165) is 15.8 Å². The highest BCUT2D eigenvalue weighted by molar-refractivity contribution is 6.14. The Morgan fingerprint density at radius 1 is 1.30 bits per heavy atom. The minimum absolute atomic E-state index is 0.176. The predicted octanol–water partition coefficient (Wildman–Crippen LogP) is 1.64. The van der Waals surface area contributed by atoms with Crippen molar-refractivity contribution in [3.63, 3.8) is 0 Å². The van der Waals surface area contributed by atoms with E-state index in [-0.39, 0.29) is 18.1 Å². The number of imide groups is 1. The van der Waals surface area contributed by atoms with E-state index in [9.17, 15) is 14.4 Å². The molecule has 2 aromatic rings. The Bertz CT molecular complexity index is 850. The number of aromatic nitrogens is 1. The van der Waals surface area contributed by atoms with Crippen molar-refractivity contribution in [3.05, 3.63) is 41.7 Å². The lowest BCUT2D eigenvalue weighted by Gasteiger charge is -2.05. The molecule has 0 unspecified atom stereocenters. The van der Waals surface area contributed by atoms with Crippen molar-refractivity contribution in [3.8, 4) is 0 Å². The molecule has 2 N–H and O–H groups in total. The Kier molecular flexibility index (Phi) is 3.61. The zero-order valence-corrected chi connectivity index (χ0v) is 12.4. The number of amides is 3. The molecule has 1 aromatic carbocycles. The van der Waals surface area contributed by atoms with Gasteiger partial charge in [-0.1, -0.05) is 18.2 Å². The smallest absolute Gasteiger partial charge is 0.328 e. The van der Waals surface area contributed by atoms with Gasteiger partial charge in [0.25, 0.3) is 5.91 Å². The number of carboxylic acid groups (broad SMARTS) is 1. The number of rotatable bonds is 4. The number of aliphatic carboxylic acids is 1. The fraction of sp³-hybridized carbons (Fsp3) is 0.188. The van der Waals surface area contributed by atoms with Crippen molar-refractivity contribution in [1.29, 1.82) is 0 Å². The molecular weight excluding hydrogens is 298 g/mol. The Hall–Kier alpha value is -3.09. The van der Waals surface area contributed by atoms with Crippen LogP contribution in [0.4, 0.5) is 4.79 Å². The lowest BCUT2D eigenvalue weighted by atomic mass is 10.1. The average Bonchev–Trinajstić information content (AvgIpc) is 2.98. The van der Waals surface area contributed by atoms with Gasteiger partial charge in [0.05, 0.1) is 0 Å². The number of para-hydroxylation sites is 1. The maximum absolute atomic E-state index is 12.1. The van der Waals surface area contributed by atoms with Gasteiger partial charge in [0, 0.05) is 29.2 Å². The summed E-state index contributed by atoms with van der Waals surface area (Å²) >= 11 is 0. The Morgan fingerprint density at radius 3 is 2.70 bits per heavy atom. The van der Waals surface area contributed by atoms with Crippen LogP contribution >= 0.6 is 0 Å². The highest BCUT2D eigenvalue weighted by Gasteiger charge is 2.32. The second kappa shape index (κ2) is 5.60. The SMILES string of the molecule is CCN1C(=O)NC(=Cc2cn(CC(=O)O)c3ccccc23)C1=O. The van der Waals surface area contributed by atoms with Gasteiger partial charge in [-0.05, 0) is 19.1 Å². The van der Waals surface area contributed by atoms with E-state index in [0.29, 0.717) is 12.1 Å². The first-order valence-corrected chi connectivity index (χ1v) is 7.15. The van der Waals surface area contributed by atoms with Gasteiger partial charge in [0.1, 0.15) is 12.2 Å². The lowest BCUT2D eigenvalue weighted by molar-refractivity contribution is -0.137. The van der Waals surface area contributed by atoms with Crippen LogP contribution < -0.4 is 5.32 Å². The van der Waals surface area contributed by atoms with Crippen LogP contribution in [0.3, 0.4) is 0 Å². The van der Waals surface area contributed by atoms with Crippen LogP contribution in [0, 0.1) is 0 Å². The molecular formula is C16H15N3O4. The summed E-state index contributed by atoms with van der Waals surface area (Å²) in [4.78, 5) is 35.9. The molecule has 0 radical (unpaired) electrons. The van der Waals surface area contributed by atoms with E-state index in [4.69, 9.17) is 5.11 Å². The van der Waals surface area contributed by atoms with Crippen LogP contribution in [0.5, 0.6) is 0 Å². The van der Waals surface area contributed by atoms with Crippen LogP contribution in [-0.2, 0) is 16.1 Å². The van der Waals surface area contributed by atoms with Crippen LogP contribution in [-0.4, -0.2) is 39.0 Å². The molecule has 0 saturated carbocycles. The molecule has 2 heterocycles. The van der Waals surface area contributed by atoms with Gasteiger partial charge >= 0.3 is 12.0 Å². The van der Waals surface area contributed by atoms with Crippen LogP contribution in [0.2, 0.25) is 0 Å². The van der Waals surface area contributed by atoms with Gasteiger partial charge in [-0.3, -0.25) is 14.5 Å². The maximum Gasteiger partial charge on any atom is 0.328 e. The highest BCUT2D eigenvalue weighted by atomic mass is 16.4. The molecule has 1 saturated heterocycles. The highest BCUT2D eigenvalue weighted by Crippen LogP contribution is 2.24. The largest absolute Gasteiger partial charge is 0.480 e. The molecule has 1 fully saturated rings. The number of benzene rings is 1. The fourth-order valence-corrected chi connectivity index (χ4v) is 2.68. The van der Waals surface area contributed by atoms with E-state index < -0.39 is 12.0 Å². The fourth-order valence-electron chi connectivity index (χ4n) is 2.68. The number of likely N-dealkylation sites (N-methyl/N-ethyl adjacent to an activating group) is 1. The zero-order valence-electron chi connectivity index (χ0n) is 12.4. The third kappa shape index (κ3) is 2.57. The third-order valence-electron chi connectivity index (χ3n) is 3.70. The Labute approximate surface area is 131 Å². The number of urea groups is 1. The van der Waals surface area contributed by atoms with Crippen molar-refractivity contribution >= 4 is 34.9 Å². The van der Waals surface area contributed by atoms with Gasteiger partial charge in [-0.15, -0.1) is 0 Å². The number of hydrogen-bond acceptors (Lipinski definition) is 3. The van der Waals surface area contributed by atoms with Crippen molar-refractivity contribution < 1.29 is 19.5 Å². The van der Waals surface area contributed by atoms with Crippen LogP contribution in [0.15, 0.2) is 36.2 Å². The summed E-state index contributed by atoms with van der Waals surface area (Å²) in [5.74, 6) is -1.33. The third-order valence-corrected chi connectivity index (χ3v) is 3.70. The van der Waals surface area contributed by atoms with Gasteiger partial charge < -0.3 is 15.0 Å². The number of nitrogens with zero attached hydrogens (tertiary/aromatic N) is 2. The first kappa shape index (κ1) is 14.8. The number of nitrogens with one attached hydrogen (secondary N) is 1. The van der Waals surface area contributed by atoms with Gasteiger partial charge in [0.2, 0.25) is 0 Å². The van der Waals surface area contributed by atoms with Crippen LogP contribution in [0.1, 0.15) is 12.5 Å². The van der Waals surface area contributed by atoms with Crippen molar-refractivity contribution in [2.45, 2.75) is 13.5 Å². The number of hydrogen-bond donors (Lipinski definition) is 2. The molecule has 118 valence electrons. The van der Waals surface area contributed by atoms with Crippen molar-refractivity contribution in [2.24, 2.45) is 0 Å². The molecule has 7 heteroatoms. The quantitative estimate of drug-likeness (QED) is 0.663. The van der Waals surface area contributed by atoms with Crippen molar-refractivity contribution in [1.82, 2.24) is 14.8 Å². The first-order chi connectivity index (χ1) is 11.0. The average molecular weight is 313 g/mol. The van der Waals surface area contributed by atoms with E-state index in [1.165, 1.54) is 0 Å². The monoisotopic (exact) mass is 313 g/mol. The molecule has 1 aliphatic rings. The Morgan fingerprint density at radius 2 is 2.04 bits per heavy atom. The predicted molar refractivity (Wildman–Crippen MR) is 83.5 cm³/mol. The molecule has 0 aliphatic carbocycles. The van der Waals surface area contributed by atoms with Crippen molar-refractivity contribution in [2.75, 3.05) is 6.54 Å². The van der Waals surface area contributed by atoms with E-state index in [1.54, 1.807) is 23.8 Å². The molecule has 3 rings (SSSR count). The van der Waals surface area contributed by atoms with E-state index >= 15 is 0 Å². The van der Waals surface area contributed by atoms with Gasteiger partial charge in [-0.25, -0.2) is 4.79 Å². The molecule has 1 aliphatic heterocycles. The topological polar surface area (TPSA) is 91.6 Å². The molecule has 3 amide bonds. The number of carboxylic acids is 1. The molecule has 0 bridgehead atoms. The Balaban J connectivity index is 2.07. The van der Waals surface area contributed by atoms with Crippen LogP contribution in [0.25, 0.3) is 17.0 Å². The van der Waals surface area contributed by atoms with Gasteiger partial charge in [0.15, 0.2) is 0 Å². The second-order valence-corrected chi connectivity index (χ2v) is 5.16. The molecule has 0 spiro atoms. The second-order valence-electron chi connectivity index (χ2n) is 5.16. The van der Waals surface area contributed by atoms with E-state index in [1.807, 2.05) is 24.3 Å². The van der Waals surface area contributed by atoms with Gasteiger partial charge in [-0.2, -0.15) is 0 Å². The summed E-state index contributed by atoms with van der Waals surface area (Å²) in [6.07, 6.45) is 3.25. The number of fused-ring (bicyclic) bond motifs is 1. The lowest BCUT2D eigenvalue weighted by Crippen LogP contribution is -2.30. The molecule has 7 nitrogen and oxygen atoms in total. The molecule has 23 heavy (non-hydrogen) atoms.